The van der Waals surface area contributed by atoms with Crippen LogP contribution in [0.15, 0.2) is 18.2 Å². The number of rotatable bonds is 3. The van der Waals surface area contributed by atoms with Gasteiger partial charge in [0.1, 0.15) is 0 Å². The molecule has 0 fully saturated rings. The Morgan fingerprint density at radius 3 is 3.00 bits per heavy atom. The topological polar surface area (TPSA) is 61.6 Å². The number of amides is 1. The maximum absolute atomic E-state index is 10.4. The highest BCUT2D eigenvalue weighted by atomic mass is 16.5. The van der Waals surface area contributed by atoms with Gasteiger partial charge >= 0.3 is 6.09 Å². The molecule has 1 heterocycles. The summed E-state index contributed by atoms with van der Waals surface area (Å²) in [5.74, 6) is 0. The van der Waals surface area contributed by atoms with Gasteiger partial charge in [-0.1, -0.05) is 18.2 Å². The minimum Gasteiger partial charge on any atom is -0.449 e. The molecule has 1 aliphatic heterocycles. The molecule has 4 nitrogen and oxygen atoms in total. The Balaban J connectivity index is 1.95. The van der Waals surface area contributed by atoms with E-state index in [0.717, 1.165) is 5.56 Å². The van der Waals surface area contributed by atoms with Crippen LogP contribution in [0.5, 0.6) is 0 Å². The van der Waals surface area contributed by atoms with Crippen LogP contribution in [-0.2, 0) is 29.1 Å². The van der Waals surface area contributed by atoms with Crippen LogP contribution in [0.25, 0.3) is 0 Å². The van der Waals surface area contributed by atoms with Crippen LogP contribution in [0.4, 0.5) is 4.79 Å². The largest absolute Gasteiger partial charge is 0.449 e. The van der Waals surface area contributed by atoms with E-state index in [0.29, 0.717) is 26.2 Å². The van der Waals surface area contributed by atoms with E-state index in [4.69, 9.17) is 10.5 Å². The predicted octanol–water partition coefficient (Wildman–Crippen LogP) is 1.35. The molecule has 0 radical (unpaired) electrons. The Bertz CT molecular complexity index is 376. The van der Waals surface area contributed by atoms with Gasteiger partial charge in [-0.2, -0.15) is 0 Å². The average Bonchev–Trinajstić information content (AvgIpc) is 2.64. The Morgan fingerprint density at radius 2 is 2.20 bits per heavy atom. The summed E-state index contributed by atoms with van der Waals surface area (Å²) in [6.07, 6.45) is -0.0320. The number of primary amides is 1. The van der Waals surface area contributed by atoms with Crippen molar-refractivity contribution in [2.75, 3.05) is 6.61 Å². The van der Waals surface area contributed by atoms with Gasteiger partial charge in [-0.05, 0) is 16.7 Å². The summed E-state index contributed by atoms with van der Waals surface area (Å²) in [4.78, 5) is 10.4. The quantitative estimate of drug-likeness (QED) is 0.813. The first-order valence-corrected chi connectivity index (χ1v) is 4.86. The third-order valence-electron chi connectivity index (χ3n) is 2.42. The minimum atomic E-state index is -0.723. The molecule has 0 unspecified atom stereocenters. The van der Waals surface area contributed by atoms with Gasteiger partial charge in [0.25, 0.3) is 0 Å². The lowest BCUT2D eigenvalue weighted by molar-refractivity contribution is 0.134. The van der Waals surface area contributed by atoms with E-state index in [-0.39, 0.29) is 0 Å². The molecule has 4 heteroatoms. The highest BCUT2D eigenvalue weighted by Gasteiger charge is 2.10. The Kier molecular flexibility index (Phi) is 2.87. The Morgan fingerprint density at radius 1 is 1.40 bits per heavy atom. The summed E-state index contributed by atoms with van der Waals surface area (Å²) in [5, 5.41) is 0. The van der Waals surface area contributed by atoms with Crippen LogP contribution in [0.1, 0.15) is 16.7 Å². The van der Waals surface area contributed by atoms with Crippen LogP contribution in [0, 0.1) is 0 Å². The molecule has 0 aromatic heterocycles. The van der Waals surface area contributed by atoms with Gasteiger partial charge in [0.05, 0.1) is 19.8 Å². The zero-order valence-electron chi connectivity index (χ0n) is 8.36. The van der Waals surface area contributed by atoms with E-state index in [1.165, 1.54) is 11.1 Å². The summed E-state index contributed by atoms with van der Waals surface area (Å²) in [6, 6.07) is 6.17. The number of benzene rings is 1. The molecule has 15 heavy (non-hydrogen) atoms. The van der Waals surface area contributed by atoms with Gasteiger partial charge in [0.2, 0.25) is 0 Å². The predicted molar refractivity (Wildman–Crippen MR) is 54.2 cm³/mol. The summed E-state index contributed by atoms with van der Waals surface area (Å²) in [5.41, 5.74) is 8.48. The number of nitrogens with two attached hydrogens (primary N) is 1. The number of hydrogen-bond donors (Lipinski definition) is 1. The first-order chi connectivity index (χ1) is 7.25. The normalized spacial score (nSPS) is 13.6. The summed E-state index contributed by atoms with van der Waals surface area (Å²) in [6.45, 7) is 1.71. The summed E-state index contributed by atoms with van der Waals surface area (Å²) >= 11 is 0. The molecule has 2 N–H and O–H groups in total. The van der Waals surface area contributed by atoms with Crippen molar-refractivity contribution in [3.63, 3.8) is 0 Å². The highest BCUT2D eigenvalue weighted by molar-refractivity contribution is 5.64. The highest BCUT2D eigenvalue weighted by Crippen LogP contribution is 2.20. The third kappa shape index (κ3) is 2.47. The molecule has 2 rings (SSSR count). The first kappa shape index (κ1) is 9.98. The maximum Gasteiger partial charge on any atom is 0.404 e. The molecule has 0 atom stereocenters. The number of ether oxygens (including phenoxy) is 2. The van der Waals surface area contributed by atoms with Crippen molar-refractivity contribution >= 4 is 6.09 Å². The lowest BCUT2D eigenvalue weighted by Crippen LogP contribution is -2.14. The van der Waals surface area contributed by atoms with Gasteiger partial charge in [-0.3, -0.25) is 0 Å². The van der Waals surface area contributed by atoms with Gasteiger partial charge in [-0.25, -0.2) is 4.79 Å². The zero-order valence-corrected chi connectivity index (χ0v) is 8.36. The van der Waals surface area contributed by atoms with Crippen molar-refractivity contribution in [2.24, 2.45) is 5.73 Å². The standard InChI is InChI=1S/C11H13NO3/c12-11(13)15-4-3-8-1-2-9-6-14-7-10(9)5-8/h1-2,5H,3-4,6-7H2,(H2,12,13). The molecule has 0 saturated carbocycles. The van der Waals surface area contributed by atoms with Crippen LogP contribution in [0.3, 0.4) is 0 Å². The molecule has 0 spiro atoms. The monoisotopic (exact) mass is 207 g/mol. The molecule has 1 aromatic carbocycles. The lowest BCUT2D eigenvalue weighted by atomic mass is 10.0. The molecule has 0 aliphatic carbocycles. The van der Waals surface area contributed by atoms with Crippen LogP contribution >= 0.6 is 0 Å². The Hall–Kier alpha value is -1.55. The maximum atomic E-state index is 10.4. The molecule has 0 saturated heterocycles. The van der Waals surface area contributed by atoms with Crippen molar-refractivity contribution in [3.8, 4) is 0 Å². The summed E-state index contributed by atoms with van der Waals surface area (Å²) in [7, 11) is 0. The van der Waals surface area contributed by atoms with Gasteiger partial charge in [0, 0.05) is 6.42 Å². The van der Waals surface area contributed by atoms with Crippen LogP contribution in [-0.4, -0.2) is 12.7 Å². The van der Waals surface area contributed by atoms with E-state index in [1.807, 2.05) is 6.07 Å². The van der Waals surface area contributed by atoms with Gasteiger partial charge in [-0.15, -0.1) is 0 Å². The van der Waals surface area contributed by atoms with Gasteiger partial charge in [0.15, 0.2) is 0 Å². The van der Waals surface area contributed by atoms with Crippen molar-refractivity contribution in [3.05, 3.63) is 34.9 Å². The first-order valence-electron chi connectivity index (χ1n) is 4.86. The third-order valence-corrected chi connectivity index (χ3v) is 2.42. The number of fused-ring (bicyclic) bond motifs is 1. The fourth-order valence-electron chi connectivity index (χ4n) is 1.65. The van der Waals surface area contributed by atoms with Crippen molar-refractivity contribution in [1.29, 1.82) is 0 Å². The fourth-order valence-corrected chi connectivity index (χ4v) is 1.65. The zero-order chi connectivity index (χ0) is 10.7. The molecule has 1 aliphatic rings. The molecule has 1 aromatic rings. The van der Waals surface area contributed by atoms with E-state index < -0.39 is 6.09 Å². The summed E-state index contributed by atoms with van der Waals surface area (Å²) < 4.78 is 9.98. The molecule has 0 bridgehead atoms. The van der Waals surface area contributed by atoms with Crippen molar-refractivity contribution in [2.45, 2.75) is 19.6 Å². The average molecular weight is 207 g/mol. The molecule has 1 amide bonds. The number of hydrogen-bond acceptors (Lipinski definition) is 3. The van der Waals surface area contributed by atoms with E-state index in [1.54, 1.807) is 0 Å². The molecular formula is C11H13NO3. The minimum absolute atomic E-state index is 0.328. The van der Waals surface area contributed by atoms with E-state index in [9.17, 15) is 4.79 Å². The fraction of sp³-hybridized carbons (Fsp3) is 0.364. The second-order valence-corrected chi connectivity index (χ2v) is 3.51. The number of carbonyl (C=O) groups excluding carboxylic acids is 1. The van der Waals surface area contributed by atoms with Crippen LogP contribution in [0.2, 0.25) is 0 Å². The van der Waals surface area contributed by atoms with Crippen molar-refractivity contribution < 1.29 is 14.3 Å². The number of carbonyl (C=O) groups is 1. The van der Waals surface area contributed by atoms with E-state index in [2.05, 4.69) is 16.9 Å². The second-order valence-electron chi connectivity index (χ2n) is 3.51. The second kappa shape index (κ2) is 4.31. The van der Waals surface area contributed by atoms with Crippen molar-refractivity contribution in [1.82, 2.24) is 0 Å². The Labute approximate surface area is 88.0 Å². The van der Waals surface area contributed by atoms with Crippen LogP contribution < -0.4 is 5.73 Å². The van der Waals surface area contributed by atoms with Gasteiger partial charge < -0.3 is 15.2 Å². The lowest BCUT2D eigenvalue weighted by Gasteiger charge is -2.04. The SMILES string of the molecule is NC(=O)OCCc1ccc2c(c1)COC2. The smallest absolute Gasteiger partial charge is 0.404 e. The molecule has 80 valence electrons. The molecular weight excluding hydrogens is 194 g/mol. The van der Waals surface area contributed by atoms with E-state index >= 15 is 0 Å².